The van der Waals surface area contributed by atoms with Gasteiger partial charge >= 0.3 is 0 Å². The van der Waals surface area contributed by atoms with E-state index in [0.29, 0.717) is 0 Å². The van der Waals surface area contributed by atoms with Gasteiger partial charge in [0.1, 0.15) is 0 Å². The third-order valence-electron chi connectivity index (χ3n) is 2.42. The van der Waals surface area contributed by atoms with Gasteiger partial charge in [-0.25, -0.2) is 0 Å². The number of thioether (sulfide) groups is 1. The molecule has 2 aromatic carbocycles. The number of benzene rings is 2. The van der Waals surface area contributed by atoms with E-state index in [4.69, 9.17) is 23.2 Å². The number of hydrogen-bond donors (Lipinski definition) is 0. The lowest BCUT2D eigenvalue weighted by Gasteiger charge is -2.00. The lowest BCUT2D eigenvalue weighted by molar-refractivity contribution is 1.42. The van der Waals surface area contributed by atoms with Crippen molar-refractivity contribution in [2.75, 3.05) is 0 Å². The van der Waals surface area contributed by atoms with Crippen molar-refractivity contribution in [1.82, 2.24) is 0 Å². The van der Waals surface area contributed by atoms with Gasteiger partial charge in [0.2, 0.25) is 0 Å². The molecule has 0 saturated heterocycles. The van der Waals surface area contributed by atoms with Crippen LogP contribution in [-0.4, -0.2) is 0 Å². The summed E-state index contributed by atoms with van der Waals surface area (Å²) in [4.78, 5) is 0. The highest BCUT2D eigenvalue weighted by Gasteiger charge is 1.96. The molecule has 0 bridgehead atoms. The highest BCUT2D eigenvalue weighted by molar-refractivity contribution is 8.01. The van der Waals surface area contributed by atoms with Crippen LogP contribution in [-0.2, 0) is 5.75 Å². The van der Waals surface area contributed by atoms with Crippen LogP contribution in [0.15, 0.2) is 53.9 Å². The molecule has 0 fully saturated rings. The Labute approximate surface area is 122 Å². The molecule has 0 spiro atoms. The molecule has 3 heteroatoms. The Morgan fingerprint density at radius 2 is 1.67 bits per heavy atom. The first-order chi connectivity index (χ1) is 8.75. The van der Waals surface area contributed by atoms with Crippen LogP contribution in [0.25, 0.3) is 6.08 Å². The third-order valence-corrected chi connectivity index (χ3v) is 3.85. The van der Waals surface area contributed by atoms with Gasteiger partial charge < -0.3 is 0 Å². The molecule has 0 saturated carbocycles. The Kier molecular flexibility index (Phi) is 5.18. The molecular formula is C15H12Cl2S. The molecule has 2 rings (SSSR count). The van der Waals surface area contributed by atoms with Crippen molar-refractivity contribution in [2.24, 2.45) is 0 Å². The highest BCUT2D eigenvalue weighted by atomic mass is 35.5. The van der Waals surface area contributed by atoms with E-state index in [2.05, 4.69) is 11.5 Å². The molecule has 0 nitrogen and oxygen atoms in total. The van der Waals surface area contributed by atoms with Crippen molar-refractivity contribution in [3.8, 4) is 0 Å². The molecular weight excluding hydrogens is 283 g/mol. The van der Waals surface area contributed by atoms with Crippen LogP contribution in [0.2, 0.25) is 10.0 Å². The van der Waals surface area contributed by atoms with E-state index in [9.17, 15) is 0 Å². The topological polar surface area (TPSA) is 0 Å². The van der Waals surface area contributed by atoms with Crippen molar-refractivity contribution in [2.45, 2.75) is 5.75 Å². The molecule has 0 aromatic heterocycles. The largest absolute Gasteiger partial charge is 0.129 e. The van der Waals surface area contributed by atoms with Crippen LogP contribution >= 0.6 is 35.0 Å². The van der Waals surface area contributed by atoms with Gasteiger partial charge in [-0.15, -0.1) is 11.8 Å². The van der Waals surface area contributed by atoms with E-state index >= 15 is 0 Å². The highest BCUT2D eigenvalue weighted by Crippen LogP contribution is 2.22. The van der Waals surface area contributed by atoms with Gasteiger partial charge in [0.25, 0.3) is 0 Å². The lowest BCUT2D eigenvalue weighted by Crippen LogP contribution is -1.79. The van der Waals surface area contributed by atoms with Gasteiger partial charge in [-0.2, -0.15) is 0 Å². The quantitative estimate of drug-likeness (QED) is 0.677. The number of hydrogen-bond acceptors (Lipinski definition) is 1. The predicted octanol–water partition coefficient (Wildman–Crippen LogP) is 5.90. The molecule has 0 N–H and O–H groups in total. The van der Waals surface area contributed by atoms with Crippen molar-refractivity contribution >= 4 is 41.0 Å². The Balaban J connectivity index is 1.89. The van der Waals surface area contributed by atoms with Crippen LogP contribution in [0.3, 0.4) is 0 Å². The number of halogens is 2. The minimum Gasteiger partial charge on any atom is -0.129 e. The van der Waals surface area contributed by atoms with Crippen LogP contribution in [0.1, 0.15) is 11.1 Å². The van der Waals surface area contributed by atoms with E-state index in [0.717, 1.165) is 26.9 Å². The van der Waals surface area contributed by atoms with Gasteiger partial charge in [-0.05, 0) is 40.8 Å². The minimum absolute atomic E-state index is 0.760. The fourth-order valence-corrected chi connectivity index (χ4v) is 2.64. The predicted molar refractivity (Wildman–Crippen MR) is 83.2 cm³/mol. The van der Waals surface area contributed by atoms with Gasteiger partial charge in [-0.3, -0.25) is 0 Å². The Morgan fingerprint density at radius 1 is 0.944 bits per heavy atom. The third kappa shape index (κ3) is 4.09. The van der Waals surface area contributed by atoms with Gasteiger partial charge in [0.05, 0.1) is 0 Å². The molecule has 2 aromatic rings. The van der Waals surface area contributed by atoms with Crippen LogP contribution in [0, 0.1) is 0 Å². The summed E-state index contributed by atoms with van der Waals surface area (Å²) < 4.78 is 0. The maximum Gasteiger partial charge on any atom is 0.0446 e. The summed E-state index contributed by atoms with van der Waals surface area (Å²) in [5.74, 6) is 0.879. The zero-order valence-corrected chi connectivity index (χ0v) is 12.0. The van der Waals surface area contributed by atoms with E-state index in [1.165, 1.54) is 0 Å². The molecule has 0 unspecified atom stereocenters. The minimum atomic E-state index is 0.760. The molecule has 18 heavy (non-hydrogen) atoms. The normalized spacial score (nSPS) is 11.0. The number of rotatable bonds is 4. The first kappa shape index (κ1) is 13.5. The first-order valence-electron chi connectivity index (χ1n) is 5.53. The molecule has 0 aliphatic carbocycles. The summed E-state index contributed by atoms with van der Waals surface area (Å²) >= 11 is 13.6. The van der Waals surface area contributed by atoms with Crippen molar-refractivity contribution < 1.29 is 0 Å². The van der Waals surface area contributed by atoms with Crippen LogP contribution in [0.4, 0.5) is 0 Å². The summed E-state index contributed by atoms with van der Waals surface area (Å²) in [6.45, 7) is 0. The molecule has 92 valence electrons. The fourth-order valence-electron chi connectivity index (χ4n) is 1.45. The Hall–Kier alpha value is -0.890. The van der Waals surface area contributed by atoms with Crippen molar-refractivity contribution in [3.05, 3.63) is 75.1 Å². The molecule has 0 heterocycles. The fraction of sp³-hybridized carbons (Fsp3) is 0.0667. The average Bonchev–Trinajstić information content (AvgIpc) is 2.39. The molecule has 0 radical (unpaired) electrons. The van der Waals surface area contributed by atoms with E-state index in [1.54, 1.807) is 11.8 Å². The molecule has 0 amide bonds. The zero-order valence-electron chi connectivity index (χ0n) is 9.64. The average molecular weight is 295 g/mol. The maximum atomic E-state index is 6.09. The lowest BCUT2D eigenvalue weighted by atomic mass is 10.2. The standard InChI is InChI=1S/C15H12Cl2S/c16-14-7-5-12(6-8-14)9-10-18-11-13-3-1-2-4-15(13)17/h1-10H,11H2/b10-9-. The first-order valence-corrected chi connectivity index (χ1v) is 7.33. The van der Waals surface area contributed by atoms with Crippen molar-refractivity contribution in [3.63, 3.8) is 0 Å². The van der Waals surface area contributed by atoms with Crippen LogP contribution in [0.5, 0.6) is 0 Å². The van der Waals surface area contributed by atoms with Crippen LogP contribution < -0.4 is 0 Å². The van der Waals surface area contributed by atoms with E-state index in [1.807, 2.05) is 48.5 Å². The summed E-state index contributed by atoms with van der Waals surface area (Å²) in [5.41, 5.74) is 2.30. The summed E-state index contributed by atoms with van der Waals surface area (Å²) in [5, 5.41) is 3.66. The molecule has 0 aliphatic rings. The van der Waals surface area contributed by atoms with Gasteiger partial charge in [-0.1, -0.05) is 53.5 Å². The van der Waals surface area contributed by atoms with Gasteiger partial charge in [0, 0.05) is 15.8 Å². The second-order valence-electron chi connectivity index (χ2n) is 3.76. The summed E-state index contributed by atoms with van der Waals surface area (Å²) in [6, 6.07) is 15.7. The Bertz CT molecular complexity index is 532. The SMILES string of the molecule is Clc1ccc(/C=C\SCc2ccccc2Cl)cc1. The van der Waals surface area contributed by atoms with E-state index < -0.39 is 0 Å². The monoisotopic (exact) mass is 294 g/mol. The smallest absolute Gasteiger partial charge is 0.0446 e. The van der Waals surface area contributed by atoms with Gasteiger partial charge in [0.15, 0.2) is 0 Å². The second-order valence-corrected chi connectivity index (χ2v) is 5.49. The molecule has 0 atom stereocenters. The molecule has 0 aliphatic heterocycles. The summed E-state index contributed by atoms with van der Waals surface area (Å²) in [6.07, 6.45) is 2.07. The summed E-state index contributed by atoms with van der Waals surface area (Å²) in [7, 11) is 0. The zero-order chi connectivity index (χ0) is 12.8. The van der Waals surface area contributed by atoms with Crippen molar-refractivity contribution in [1.29, 1.82) is 0 Å². The maximum absolute atomic E-state index is 6.09. The Morgan fingerprint density at radius 3 is 2.39 bits per heavy atom. The second kappa shape index (κ2) is 6.89. The van der Waals surface area contributed by atoms with E-state index in [-0.39, 0.29) is 0 Å².